The first-order chi connectivity index (χ1) is 9.54. The van der Waals surface area contributed by atoms with E-state index in [9.17, 15) is 13.2 Å². The van der Waals surface area contributed by atoms with E-state index < -0.39 is 17.5 Å². The SMILES string of the molecule is Cc1ccc2cc(-c3cc(F)c(F)c(F)c3)ccc2c1. The summed E-state index contributed by atoms with van der Waals surface area (Å²) < 4.78 is 39.5. The minimum absolute atomic E-state index is 0.323. The van der Waals surface area contributed by atoms with Gasteiger partial charge in [0, 0.05) is 0 Å². The maximum atomic E-state index is 13.3. The number of aryl methyl sites for hydroxylation is 1. The van der Waals surface area contributed by atoms with E-state index in [2.05, 4.69) is 0 Å². The summed E-state index contributed by atoms with van der Waals surface area (Å²) in [7, 11) is 0. The molecule has 0 fully saturated rings. The van der Waals surface area contributed by atoms with Crippen LogP contribution in [-0.2, 0) is 0 Å². The zero-order valence-corrected chi connectivity index (χ0v) is 10.8. The van der Waals surface area contributed by atoms with Gasteiger partial charge in [-0.2, -0.15) is 0 Å². The van der Waals surface area contributed by atoms with Gasteiger partial charge in [-0.1, -0.05) is 35.9 Å². The molecule has 0 saturated carbocycles. The Balaban J connectivity index is 2.17. The normalized spacial score (nSPS) is 11.0. The highest BCUT2D eigenvalue weighted by atomic mass is 19.2. The van der Waals surface area contributed by atoms with Crippen molar-refractivity contribution in [2.24, 2.45) is 0 Å². The van der Waals surface area contributed by atoms with Crippen molar-refractivity contribution in [2.75, 3.05) is 0 Å². The smallest absolute Gasteiger partial charge is 0.194 e. The maximum Gasteiger partial charge on any atom is 0.194 e. The van der Waals surface area contributed by atoms with Crippen molar-refractivity contribution in [3.63, 3.8) is 0 Å². The average Bonchev–Trinajstić information content (AvgIpc) is 2.43. The third-order valence-electron chi connectivity index (χ3n) is 3.31. The average molecular weight is 272 g/mol. The topological polar surface area (TPSA) is 0 Å². The van der Waals surface area contributed by atoms with E-state index in [1.165, 1.54) is 0 Å². The second-order valence-electron chi connectivity index (χ2n) is 4.82. The van der Waals surface area contributed by atoms with Crippen LogP contribution in [0.4, 0.5) is 13.2 Å². The van der Waals surface area contributed by atoms with E-state index >= 15 is 0 Å². The lowest BCUT2D eigenvalue weighted by atomic mass is 10.00. The van der Waals surface area contributed by atoms with Gasteiger partial charge in [-0.05, 0) is 47.0 Å². The molecule has 0 heterocycles. The van der Waals surface area contributed by atoms with E-state index in [1.54, 1.807) is 6.07 Å². The molecule has 100 valence electrons. The first-order valence-electron chi connectivity index (χ1n) is 6.20. The molecule has 0 radical (unpaired) electrons. The van der Waals surface area contributed by atoms with Crippen LogP contribution in [0.5, 0.6) is 0 Å². The zero-order valence-electron chi connectivity index (χ0n) is 10.8. The molecule has 0 aliphatic heterocycles. The molecule has 3 heteroatoms. The standard InChI is InChI=1S/C17H11F3/c1-10-2-3-12-7-13(5-4-11(12)6-10)14-8-15(18)17(20)16(19)9-14/h2-9H,1H3. The van der Waals surface area contributed by atoms with Gasteiger partial charge in [0.1, 0.15) is 0 Å². The molecule has 3 aromatic rings. The molecule has 0 N–H and O–H groups in total. The lowest BCUT2D eigenvalue weighted by Crippen LogP contribution is -1.91. The Kier molecular flexibility index (Phi) is 2.97. The lowest BCUT2D eigenvalue weighted by molar-refractivity contribution is 0.448. The van der Waals surface area contributed by atoms with Gasteiger partial charge in [-0.25, -0.2) is 13.2 Å². The molecule has 3 rings (SSSR count). The summed E-state index contributed by atoms with van der Waals surface area (Å²) in [6.45, 7) is 2.00. The first-order valence-corrected chi connectivity index (χ1v) is 6.20. The van der Waals surface area contributed by atoms with E-state index in [-0.39, 0.29) is 0 Å². The number of rotatable bonds is 1. The van der Waals surface area contributed by atoms with Gasteiger partial charge < -0.3 is 0 Å². The van der Waals surface area contributed by atoms with Gasteiger partial charge in [-0.3, -0.25) is 0 Å². The molecule has 0 nitrogen and oxygen atoms in total. The Morgan fingerprint density at radius 3 is 1.95 bits per heavy atom. The molecule has 20 heavy (non-hydrogen) atoms. The molecule has 3 aromatic carbocycles. The molecule has 0 atom stereocenters. The third kappa shape index (κ3) is 2.16. The van der Waals surface area contributed by atoms with Crippen LogP contribution in [0.15, 0.2) is 48.5 Å². The van der Waals surface area contributed by atoms with E-state index in [4.69, 9.17) is 0 Å². The van der Waals surface area contributed by atoms with Crippen LogP contribution < -0.4 is 0 Å². The van der Waals surface area contributed by atoms with Gasteiger partial charge >= 0.3 is 0 Å². The number of hydrogen-bond acceptors (Lipinski definition) is 0. The molecule has 0 aliphatic rings. The minimum Gasteiger partial charge on any atom is -0.204 e. The predicted octanol–water partition coefficient (Wildman–Crippen LogP) is 5.23. The van der Waals surface area contributed by atoms with Crippen molar-refractivity contribution in [1.29, 1.82) is 0 Å². The molecule has 0 aliphatic carbocycles. The fourth-order valence-electron chi connectivity index (χ4n) is 2.27. The highest BCUT2D eigenvalue weighted by molar-refractivity contribution is 5.87. The Hall–Kier alpha value is -2.29. The van der Waals surface area contributed by atoms with Crippen LogP contribution >= 0.6 is 0 Å². The van der Waals surface area contributed by atoms with Crippen molar-refractivity contribution < 1.29 is 13.2 Å². The van der Waals surface area contributed by atoms with Gasteiger partial charge in [0.2, 0.25) is 0 Å². The molecular weight excluding hydrogens is 261 g/mol. The summed E-state index contributed by atoms with van der Waals surface area (Å²) in [4.78, 5) is 0. The summed E-state index contributed by atoms with van der Waals surface area (Å²) in [6, 6.07) is 13.5. The maximum absolute atomic E-state index is 13.3. The quantitative estimate of drug-likeness (QED) is 0.532. The lowest BCUT2D eigenvalue weighted by Gasteiger charge is -2.06. The number of halogens is 3. The Bertz CT molecular complexity index is 783. The van der Waals surface area contributed by atoms with Gasteiger partial charge in [0.05, 0.1) is 0 Å². The Labute approximate surface area is 114 Å². The molecule has 0 bridgehead atoms. The second-order valence-corrected chi connectivity index (χ2v) is 4.82. The van der Waals surface area contributed by atoms with Crippen molar-refractivity contribution in [1.82, 2.24) is 0 Å². The molecular formula is C17H11F3. The van der Waals surface area contributed by atoms with E-state index in [0.717, 1.165) is 28.5 Å². The zero-order chi connectivity index (χ0) is 14.3. The van der Waals surface area contributed by atoms with Crippen LogP contribution in [-0.4, -0.2) is 0 Å². The fourth-order valence-corrected chi connectivity index (χ4v) is 2.27. The molecule has 0 unspecified atom stereocenters. The summed E-state index contributed by atoms with van der Waals surface area (Å²) in [5.41, 5.74) is 2.12. The first kappa shape index (κ1) is 12.7. The third-order valence-corrected chi connectivity index (χ3v) is 3.31. The molecule has 0 aromatic heterocycles. The van der Waals surface area contributed by atoms with Gasteiger partial charge in [0.25, 0.3) is 0 Å². The van der Waals surface area contributed by atoms with Gasteiger partial charge in [0.15, 0.2) is 17.5 Å². The molecule has 0 spiro atoms. The summed E-state index contributed by atoms with van der Waals surface area (Å²) >= 11 is 0. The fraction of sp³-hybridized carbons (Fsp3) is 0.0588. The van der Waals surface area contributed by atoms with Crippen LogP contribution in [0.2, 0.25) is 0 Å². The van der Waals surface area contributed by atoms with Crippen LogP contribution in [0, 0.1) is 24.4 Å². The minimum atomic E-state index is -1.44. The van der Waals surface area contributed by atoms with Crippen LogP contribution in [0.3, 0.4) is 0 Å². The number of fused-ring (bicyclic) bond motifs is 1. The Morgan fingerprint density at radius 1 is 0.650 bits per heavy atom. The van der Waals surface area contributed by atoms with Crippen molar-refractivity contribution in [3.05, 3.63) is 71.5 Å². The van der Waals surface area contributed by atoms with Crippen molar-refractivity contribution >= 4 is 10.8 Å². The second kappa shape index (κ2) is 4.67. The van der Waals surface area contributed by atoms with Crippen molar-refractivity contribution in [2.45, 2.75) is 6.92 Å². The van der Waals surface area contributed by atoms with Crippen LogP contribution in [0.25, 0.3) is 21.9 Å². The van der Waals surface area contributed by atoms with Crippen molar-refractivity contribution in [3.8, 4) is 11.1 Å². The summed E-state index contributed by atoms with van der Waals surface area (Å²) in [5.74, 6) is -3.79. The van der Waals surface area contributed by atoms with Crippen LogP contribution in [0.1, 0.15) is 5.56 Å². The largest absolute Gasteiger partial charge is 0.204 e. The summed E-state index contributed by atoms with van der Waals surface area (Å²) in [6.07, 6.45) is 0. The highest BCUT2D eigenvalue weighted by Crippen LogP contribution is 2.27. The Morgan fingerprint density at radius 2 is 1.25 bits per heavy atom. The van der Waals surface area contributed by atoms with E-state index in [1.807, 2.05) is 37.3 Å². The van der Waals surface area contributed by atoms with E-state index in [0.29, 0.717) is 11.1 Å². The predicted molar refractivity (Wildman–Crippen MR) is 74.0 cm³/mol. The monoisotopic (exact) mass is 272 g/mol. The van der Waals surface area contributed by atoms with Gasteiger partial charge in [-0.15, -0.1) is 0 Å². The molecule has 0 amide bonds. The number of hydrogen-bond donors (Lipinski definition) is 0. The molecule has 0 saturated heterocycles. The highest BCUT2D eigenvalue weighted by Gasteiger charge is 2.11. The summed E-state index contributed by atoms with van der Waals surface area (Å²) in [5, 5.41) is 2.02. The number of benzene rings is 3.